The standard InChI is InChI=1S/C17H19Br2NO2/c1-2-22-17-14(18)8-12(9-15(17)19)10-20-11-16(21)13-6-4-3-5-7-13/h3-9,16,20-21H,2,10-11H2,1H3/t16-/m1/s1. The Bertz CT molecular complexity index is 582. The molecule has 0 amide bonds. The van der Waals surface area contributed by atoms with Gasteiger partial charge in [-0.2, -0.15) is 0 Å². The van der Waals surface area contributed by atoms with E-state index in [0.29, 0.717) is 19.7 Å². The van der Waals surface area contributed by atoms with Crippen LogP contribution in [0.2, 0.25) is 0 Å². The van der Waals surface area contributed by atoms with Gasteiger partial charge in [-0.1, -0.05) is 30.3 Å². The molecule has 0 saturated heterocycles. The Labute approximate surface area is 148 Å². The largest absolute Gasteiger partial charge is 0.492 e. The minimum Gasteiger partial charge on any atom is -0.492 e. The molecule has 0 saturated carbocycles. The first kappa shape index (κ1) is 17.5. The first-order valence-electron chi connectivity index (χ1n) is 7.16. The van der Waals surface area contributed by atoms with Gasteiger partial charge in [-0.05, 0) is 62.0 Å². The molecule has 2 aromatic rings. The summed E-state index contributed by atoms with van der Waals surface area (Å²) < 4.78 is 7.41. The second-order valence-corrected chi connectivity index (χ2v) is 6.59. The van der Waals surface area contributed by atoms with Crippen molar-refractivity contribution in [2.75, 3.05) is 13.2 Å². The predicted octanol–water partition coefficient (Wildman–Crippen LogP) is 4.43. The third-order valence-electron chi connectivity index (χ3n) is 3.20. The van der Waals surface area contributed by atoms with Gasteiger partial charge in [0, 0.05) is 13.1 Å². The summed E-state index contributed by atoms with van der Waals surface area (Å²) in [6.45, 7) is 3.76. The van der Waals surface area contributed by atoms with Crippen LogP contribution in [0.1, 0.15) is 24.2 Å². The van der Waals surface area contributed by atoms with E-state index < -0.39 is 6.10 Å². The third kappa shape index (κ3) is 4.81. The van der Waals surface area contributed by atoms with Crippen LogP contribution in [0.5, 0.6) is 5.75 Å². The minimum atomic E-state index is -0.504. The van der Waals surface area contributed by atoms with Crippen molar-refractivity contribution in [3.8, 4) is 5.75 Å². The average Bonchev–Trinajstić information content (AvgIpc) is 2.51. The van der Waals surface area contributed by atoms with Crippen LogP contribution in [0, 0.1) is 0 Å². The van der Waals surface area contributed by atoms with Crippen molar-refractivity contribution in [3.05, 3.63) is 62.5 Å². The van der Waals surface area contributed by atoms with E-state index in [9.17, 15) is 5.11 Å². The van der Waals surface area contributed by atoms with Gasteiger partial charge in [0.2, 0.25) is 0 Å². The maximum atomic E-state index is 10.1. The fourth-order valence-corrected chi connectivity index (χ4v) is 3.65. The van der Waals surface area contributed by atoms with E-state index in [0.717, 1.165) is 25.8 Å². The zero-order valence-electron chi connectivity index (χ0n) is 12.4. The number of hydrogen-bond acceptors (Lipinski definition) is 3. The predicted molar refractivity (Wildman–Crippen MR) is 96.1 cm³/mol. The van der Waals surface area contributed by atoms with Crippen LogP contribution in [-0.4, -0.2) is 18.3 Å². The van der Waals surface area contributed by atoms with Crippen LogP contribution in [-0.2, 0) is 6.54 Å². The van der Waals surface area contributed by atoms with Crippen LogP contribution in [0.4, 0.5) is 0 Å². The highest BCUT2D eigenvalue weighted by Crippen LogP contribution is 2.34. The van der Waals surface area contributed by atoms with E-state index in [1.165, 1.54) is 0 Å². The second kappa shape index (κ2) is 8.67. The van der Waals surface area contributed by atoms with E-state index in [1.54, 1.807) is 0 Å². The van der Waals surface area contributed by atoms with Crippen molar-refractivity contribution in [2.45, 2.75) is 19.6 Å². The Balaban J connectivity index is 1.92. The SMILES string of the molecule is CCOc1c(Br)cc(CNC[C@@H](O)c2ccccc2)cc1Br. The molecule has 0 bridgehead atoms. The molecule has 2 N–H and O–H groups in total. The minimum absolute atomic E-state index is 0.504. The zero-order valence-corrected chi connectivity index (χ0v) is 15.5. The van der Waals surface area contributed by atoms with Gasteiger partial charge in [0.25, 0.3) is 0 Å². The maximum Gasteiger partial charge on any atom is 0.147 e. The summed E-state index contributed by atoms with van der Waals surface area (Å²) in [6.07, 6.45) is -0.504. The number of hydrogen-bond donors (Lipinski definition) is 2. The molecule has 0 radical (unpaired) electrons. The number of nitrogens with one attached hydrogen (secondary N) is 1. The molecule has 0 spiro atoms. The van der Waals surface area contributed by atoms with Crippen LogP contribution >= 0.6 is 31.9 Å². The first-order chi connectivity index (χ1) is 10.6. The summed E-state index contributed by atoms with van der Waals surface area (Å²) in [6, 6.07) is 13.7. The Morgan fingerprint density at radius 2 is 1.77 bits per heavy atom. The van der Waals surface area contributed by atoms with Gasteiger partial charge in [0.15, 0.2) is 0 Å². The topological polar surface area (TPSA) is 41.5 Å². The molecule has 2 rings (SSSR count). The first-order valence-corrected chi connectivity index (χ1v) is 8.75. The van der Waals surface area contributed by atoms with Crippen molar-refractivity contribution >= 4 is 31.9 Å². The summed E-state index contributed by atoms with van der Waals surface area (Å²) in [5.41, 5.74) is 2.03. The molecule has 0 aromatic heterocycles. The lowest BCUT2D eigenvalue weighted by Gasteiger charge is -2.14. The van der Waals surface area contributed by atoms with Gasteiger partial charge >= 0.3 is 0 Å². The van der Waals surface area contributed by atoms with Gasteiger partial charge in [-0.3, -0.25) is 0 Å². The molecule has 5 heteroatoms. The summed E-state index contributed by atoms with van der Waals surface area (Å²) in [7, 11) is 0. The quantitative estimate of drug-likeness (QED) is 0.685. The maximum absolute atomic E-state index is 10.1. The summed E-state index contributed by atoms with van der Waals surface area (Å²) >= 11 is 7.05. The van der Waals surface area contributed by atoms with E-state index >= 15 is 0 Å². The second-order valence-electron chi connectivity index (χ2n) is 4.88. The summed E-state index contributed by atoms with van der Waals surface area (Å²) in [5.74, 6) is 0.815. The molecule has 0 aliphatic heterocycles. The summed E-state index contributed by atoms with van der Waals surface area (Å²) in [4.78, 5) is 0. The molecule has 0 aliphatic rings. The molecule has 22 heavy (non-hydrogen) atoms. The number of halogens is 2. The monoisotopic (exact) mass is 427 g/mol. The molecule has 0 heterocycles. The normalized spacial score (nSPS) is 12.2. The molecule has 0 unspecified atom stereocenters. The van der Waals surface area contributed by atoms with Crippen molar-refractivity contribution < 1.29 is 9.84 Å². The highest BCUT2D eigenvalue weighted by Gasteiger charge is 2.10. The van der Waals surface area contributed by atoms with E-state index in [-0.39, 0.29) is 0 Å². The molecule has 0 aliphatic carbocycles. The van der Waals surface area contributed by atoms with Crippen LogP contribution in [0.15, 0.2) is 51.4 Å². The number of aliphatic hydroxyl groups excluding tert-OH is 1. The molecule has 3 nitrogen and oxygen atoms in total. The fourth-order valence-electron chi connectivity index (χ4n) is 2.14. The van der Waals surface area contributed by atoms with Crippen LogP contribution < -0.4 is 10.1 Å². The van der Waals surface area contributed by atoms with E-state index in [4.69, 9.17) is 4.74 Å². The number of aliphatic hydroxyl groups is 1. The Kier molecular flexibility index (Phi) is 6.89. The molecular weight excluding hydrogens is 410 g/mol. The Hall–Kier alpha value is -0.880. The van der Waals surface area contributed by atoms with E-state index in [1.807, 2.05) is 49.4 Å². The number of rotatable bonds is 7. The Morgan fingerprint density at radius 3 is 2.36 bits per heavy atom. The zero-order chi connectivity index (χ0) is 15.9. The number of ether oxygens (including phenoxy) is 1. The highest BCUT2D eigenvalue weighted by atomic mass is 79.9. The third-order valence-corrected chi connectivity index (χ3v) is 4.38. The molecule has 118 valence electrons. The van der Waals surface area contributed by atoms with Crippen molar-refractivity contribution in [1.29, 1.82) is 0 Å². The molecule has 0 fully saturated rings. The highest BCUT2D eigenvalue weighted by molar-refractivity contribution is 9.11. The fraction of sp³-hybridized carbons (Fsp3) is 0.294. The Morgan fingerprint density at radius 1 is 1.14 bits per heavy atom. The lowest BCUT2D eigenvalue weighted by molar-refractivity contribution is 0.174. The number of benzene rings is 2. The van der Waals surface area contributed by atoms with Crippen molar-refractivity contribution in [1.82, 2.24) is 5.32 Å². The van der Waals surface area contributed by atoms with Gasteiger partial charge < -0.3 is 15.2 Å². The van der Waals surface area contributed by atoms with Crippen molar-refractivity contribution in [2.24, 2.45) is 0 Å². The lowest BCUT2D eigenvalue weighted by Crippen LogP contribution is -2.21. The lowest BCUT2D eigenvalue weighted by atomic mass is 10.1. The smallest absolute Gasteiger partial charge is 0.147 e. The van der Waals surface area contributed by atoms with Crippen LogP contribution in [0.25, 0.3) is 0 Å². The van der Waals surface area contributed by atoms with E-state index in [2.05, 4.69) is 37.2 Å². The van der Waals surface area contributed by atoms with Crippen LogP contribution in [0.3, 0.4) is 0 Å². The molecular formula is C17H19Br2NO2. The molecule has 2 aromatic carbocycles. The van der Waals surface area contributed by atoms with Gasteiger partial charge in [-0.25, -0.2) is 0 Å². The molecule has 1 atom stereocenters. The summed E-state index contributed by atoms with van der Waals surface area (Å²) in [5, 5.41) is 13.4. The van der Waals surface area contributed by atoms with Gasteiger partial charge in [0.1, 0.15) is 5.75 Å². The van der Waals surface area contributed by atoms with Gasteiger partial charge in [-0.15, -0.1) is 0 Å². The van der Waals surface area contributed by atoms with Crippen molar-refractivity contribution in [3.63, 3.8) is 0 Å². The van der Waals surface area contributed by atoms with Gasteiger partial charge in [0.05, 0.1) is 21.7 Å². The average molecular weight is 429 g/mol.